The summed E-state index contributed by atoms with van der Waals surface area (Å²) in [5.74, 6) is 0.0172. The Morgan fingerprint density at radius 2 is 2.06 bits per heavy atom. The van der Waals surface area contributed by atoms with E-state index in [-0.39, 0.29) is 59.4 Å². The third-order valence-electron chi connectivity index (χ3n) is 3.93. The fourth-order valence-electron chi connectivity index (χ4n) is 3.12. The van der Waals surface area contributed by atoms with Crippen LogP contribution in [0, 0.1) is 5.92 Å². The van der Waals surface area contributed by atoms with Gasteiger partial charge in [0.25, 0.3) is 0 Å². The van der Waals surface area contributed by atoms with Crippen molar-refractivity contribution in [2.24, 2.45) is 5.92 Å². The smallest absolute Gasteiger partial charge is 1.00 e. The second kappa shape index (κ2) is 8.25. The van der Waals surface area contributed by atoms with Crippen LogP contribution < -0.4 is 56.7 Å². The molecule has 2 fully saturated rings. The van der Waals surface area contributed by atoms with Crippen LogP contribution in [0.25, 0.3) is 0 Å². The van der Waals surface area contributed by atoms with E-state index in [0.29, 0.717) is 12.0 Å². The van der Waals surface area contributed by atoms with Gasteiger partial charge in [-0.3, -0.25) is 9.69 Å². The molecular formula is C12H23KN2O2. The van der Waals surface area contributed by atoms with Gasteiger partial charge in [0.15, 0.2) is 0 Å². The van der Waals surface area contributed by atoms with Crippen LogP contribution in [0.15, 0.2) is 0 Å². The molecule has 1 saturated heterocycles. The summed E-state index contributed by atoms with van der Waals surface area (Å²) in [6, 6.07) is 0.449. The number of hydrogen-bond acceptors (Lipinski definition) is 3. The van der Waals surface area contributed by atoms with E-state index < -0.39 is 5.97 Å². The molecule has 1 saturated carbocycles. The molecule has 2 N–H and O–H groups in total. The number of hydrogen-bond donors (Lipinski definition) is 2. The Labute approximate surface area is 147 Å². The number of carbonyl (C=O) groups is 1. The summed E-state index contributed by atoms with van der Waals surface area (Å²) in [6.07, 6.45) is 6.56. The predicted octanol–water partition coefficient (Wildman–Crippen LogP) is -1.96. The molecule has 1 aliphatic heterocycles. The normalized spacial score (nSPS) is 27.4. The van der Waals surface area contributed by atoms with Gasteiger partial charge in [-0.15, -0.1) is 0 Å². The van der Waals surface area contributed by atoms with Gasteiger partial charge in [0.2, 0.25) is 0 Å². The van der Waals surface area contributed by atoms with Crippen molar-refractivity contribution in [1.82, 2.24) is 10.2 Å². The number of rotatable bonds is 3. The number of aliphatic carboxylic acids is 1. The van der Waals surface area contributed by atoms with Gasteiger partial charge >= 0.3 is 57.4 Å². The van der Waals surface area contributed by atoms with Crippen LogP contribution in [-0.2, 0) is 4.79 Å². The molecule has 17 heavy (non-hydrogen) atoms. The molecule has 4 nitrogen and oxygen atoms in total. The number of nitrogens with zero attached hydrogens (tertiary/aromatic N) is 1. The van der Waals surface area contributed by atoms with Gasteiger partial charge in [-0.25, -0.2) is 0 Å². The van der Waals surface area contributed by atoms with Crippen molar-refractivity contribution in [3.05, 3.63) is 0 Å². The largest absolute Gasteiger partial charge is 1.00 e. The van der Waals surface area contributed by atoms with Gasteiger partial charge in [0.1, 0.15) is 0 Å². The average molecular weight is 266 g/mol. The molecule has 0 radical (unpaired) electrons. The van der Waals surface area contributed by atoms with Gasteiger partial charge in [-0.2, -0.15) is 0 Å². The van der Waals surface area contributed by atoms with E-state index in [2.05, 4.69) is 10.2 Å². The molecule has 2 rings (SSSR count). The van der Waals surface area contributed by atoms with Gasteiger partial charge in [0, 0.05) is 25.7 Å². The van der Waals surface area contributed by atoms with Gasteiger partial charge < -0.3 is 11.8 Å². The SMILES string of the molecule is O=C(O)CN1CCNCC1C1CCCCC1.[H-].[K+]. The molecular weight excluding hydrogens is 243 g/mol. The van der Waals surface area contributed by atoms with E-state index in [9.17, 15) is 4.79 Å². The van der Waals surface area contributed by atoms with E-state index in [1.807, 2.05) is 0 Å². The monoisotopic (exact) mass is 266 g/mol. The van der Waals surface area contributed by atoms with E-state index in [1.165, 1.54) is 32.1 Å². The second-order valence-corrected chi connectivity index (χ2v) is 5.03. The Kier molecular flexibility index (Phi) is 7.80. The molecule has 0 spiro atoms. The molecule has 0 aromatic rings. The minimum atomic E-state index is -0.692. The van der Waals surface area contributed by atoms with E-state index in [4.69, 9.17) is 5.11 Å². The van der Waals surface area contributed by atoms with Crippen molar-refractivity contribution < 1.29 is 62.7 Å². The third-order valence-corrected chi connectivity index (χ3v) is 3.93. The molecule has 0 bridgehead atoms. The zero-order valence-corrected chi connectivity index (χ0v) is 13.9. The number of piperazine rings is 1. The summed E-state index contributed by atoms with van der Waals surface area (Å²) in [5, 5.41) is 12.3. The van der Waals surface area contributed by atoms with Gasteiger partial charge in [-0.05, 0) is 18.8 Å². The van der Waals surface area contributed by atoms with Crippen LogP contribution in [0.4, 0.5) is 0 Å². The fraction of sp³-hybridized carbons (Fsp3) is 0.917. The molecule has 1 atom stereocenters. The van der Waals surface area contributed by atoms with Crippen molar-refractivity contribution in [3.8, 4) is 0 Å². The van der Waals surface area contributed by atoms with Crippen LogP contribution in [0.5, 0.6) is 0 Å². The summed E-state index contributed by atoms with van der Waals surface area (Å²) in [6.45, 7) is 2.99. The summed E-state index contributed by atoms with van der Waals surface area (Å²) in [4.78, 5) is 13.0. The summed E-state index contributed by atoms with van der Waals surface area (Å²) in [7, 11) is 0. The first kappa shape index (κ1) is 16.1. The molecule has 0 aromatic heterocycles. The Morgan fingerprint density at radius 1 is 1.35 bits per heavy atom. The molecule has 1 unspecified atom stereocenters. The standard InChI is InChI=1S/C12H22N2O2.K.H/c15-12(16)9-14-7-6-13-8-11(14)10-4-2-1-3-5-10;;/h10-11,13H,1-9H2,(H,15,16);;/q;+1;-1. The summed E-state index contributed by atoms with van der Waals surface area (Å²) >= 11 is 0. The minimum absolute atomic E-state index is 0. The van der Waals surface area contributed by atoms with Crippen molar-refractivity contribution in [2.45, 2.75) is 38.1 Å². The second-order valence-electron chi connectivity index (χ2n) is 5.03. The van der Waals surface area contributed by atoms with Crippen molar-refractivity contribution >= 4 is 5.97 Å². The maximum atomic E-state index is 10.8. The number of carboxylic acid groups (broad SMARTS) is 1. The zero-order chi connectivity index (χ0) is 11.4. The topological polar surface area (TPSA) is 52.6 Å². The van der Waals surface area contributed by atoms with Crippen LogP contribution in [0.3, 0.4) is 0 Å². The molecule has 0 aromatic carbocycles. The Morgan fingerprint density at radius 3 is 2.71 bits per heavy atom. The van der Waals surface area contributed by atoms with Crippen molar-refractivity contribution in [2.75, 3.05) is 26.2 Å². The molecule has 94 valence electrons. The van der Waals surface area contributed by atoms with Gasteiger partial charge in [-0.1, -0.05) is 19.3 Å². The minimum Gasteiger partial charge on any atom is -1.00 e. The first-order chi connectivity index (χ1) is 7.77. The van der Waals surface area contributed by atoms with E-state index in [0.717, 1.165) is 19.6 Å². The Balaban J connectivity index is 0.00000144. The van der Waals surface area contributed by atoms with Crippen LogP contribution in [0.1, 0.15) is 33.5 Å². The Hall–Kier alpha value is 1.03. The third kappa shape index (κ3) is 4.89. The molecule has 2 aliphatic rings. The predicted molar refractivity (Wildman–Crippen MR) is 63.6 cm³/mol. The first-order valence-electron chi connectivity index (χ1n) is 6.44. The summed E-state index contributed by atoms with van der Waals surface area (Å²) in [5.41, 5.74) is 0. The quantitative estimate of drug-likeness (QED) is 0.583. The van der Waals surface area contributed by atoms with Crippen molar-refractivity contribution in [3.63, 3.8) is 0 Å². The average Bonchev–Trinajstić information content (AvgIpc) is 2.30. The summed E-state index contributed by atoms with van der Waals surface area (Å²) < 4.78 is 0. The van der Waals surface area contributed by atoms with E-state index in [1.54, 1.807) is 0 Å². The van der Waals surface area contributed by atoms with Crippen molar-refractivity contribution in [1.29, 1.82) is 0 Å². The first-order valence-corrected chi connectivity index (χ1v) is 6.44. The maximum Gasteiger partial charge on any atom is 1.00 e. The van der Waals surface area contributed by atoms with Gasteiger partial charge in [0.05, 0.1) is 6.54 Å². The van der Waals surface area contributed by atoms with Crippen LogP contribution in [-0.4, -0.2) is 48.2 Å². The zero-order valence-electron chi connectivity index (χ0n) is 11.8. The molecule has 0 amide bonds. The van der Waals surface area contributed by atoms with Crippen LogP contribution >= 0.6 is 0 Å². The maximum absolute atomic E-state index is 10.8. The van der Waals surface area contributed by atoms with Crippen LogP contribution in [0.2, 0.25) is 0 Å². The molecule has 1 aliphatic carbocycles. The van der Waals surface area contributed by atoms with E-state index >= 15 is 0 Å². The number of nitrogens with one attached hydrogen (secondary N) is 1. The fourth-order valence-corrected chi connectivity index (χ4v) is 3.12. The molecule has 5 heteroatoms. The number of carboxylic acids is 1. The Bertz CT molecular complexity index is 250. The molecule has 1 heterocycles.